The molecule has 1 heterocycles. The number of nitrogens with one attached hydrogen (secondary N) is 1. The van der Waals surface area contributed by atoms with E-state index in [-0.39, 0.29) is 34.5 Å². The van der Waals surface area contributed by atoms with Gasteiger partial charge in [0.2, 0.25) is 0 Å². The lowest BCUT2D eigenvalue weighted by Gasteiger charge is -2.19. The highest BCUT2D eigenvalue weighted by Gasteiger charge is 2.32. The minimum Gasteiger partial charge on any atom is -0.505 e. The predicted molar refractivity (Wildman–Crippen MR) is 128 cm³/mol. The summed E-state index contributed by atoms with van der Waals surface area (Å²) in [6, 6.07) is 5.85. The highest BCUT2D eigenvalue weighted by atomic mass is 79.9. The molecule has 0 aliphatic carbocycles. The number of amides is 1. The number of likely N-dealkylation sites (N-methyl/N-ethyl adjacent to an activating group) is 1. The van der Waals surface area contributed by atoms with Crippen molar-refractivity contribution in [2.75, 3.05) is 24.9 Å². The average molecular weight is 623 g/mol. The van der Waals surface area contributed by atoms with Crippen LogP contribution in [0.15, 0.2) is 51.8 Å². The molecule has 15 heteroatoms. The van der Waals surface area contributed by atoms with E-state index >= 15 is 0 Å². The number of benzene rings is 3. The molecular formula is C23H16BrF5N2O6S. The lowest BCUT2D eigenvalue weighted by atomic mass is 10.0. The number of hydrogen-bond donors (Lipinski definition) is 2. The standard InChI is InChI=1S/C23H16BrF5N2O6S/c1-31-4-5-36-19-3-2-12(37-23(27,28)29)8-14(19)13-9-18(17(26)10-16(13)25)30-38(34,35)20-7-11(22(31)33)6-15(24)21(20)32/h2-3,6-10,30,32H,4-5H2,1H3. The van der Waals surface area contributed by atoms with E-state index in [2.05, 4.69) is 20.7 Å². The largest absolute Gasteiger partial charge is 0.573 e. The van der Waals surface area contributed by atoms with Gasteiger partial charge < -0.3 is 19.5 Å². The number of carbonyl (C=O) groups is 1. The fourth-order valence-corrected chi connectivity index (χ4v) is 5.39. The number of sulfonamides is 1. The first kappa shape index (κ1) is 27.4. The van der Waals surface area contributed by atoms with Crippen LogP contribution in [0, 0.1) is 11.6 Å². The second kappa shape index (κ2) is 9.94. The number of phenols is 1. The predicted octanol–water partition coefficient (Wildman–Crippen LogP) is 5.26. The van der Waals surface area contributed by atoms with E-state index in [9.17, 15) is 40.3 Å². The Balaban J connectivity index is 1.94. The van der Waals surface area contributed by atoms with Crippen LogP contribution in [0.4, 0.5) is 27.6 Å². The van der Waals surface area contributed by atoms with Gasteiger partial charge in [0, 0.05) is 29.8 Å². The SMILES string of the molecule is CN1CCOc2ccc(OC(F)(F)F)cc2-c2cc(c(F)cc2F)NS(=O)(=O)c2cc(cc(Br)c2O)C1=O. The highest BCUT2D eigenvalue weighted by molar-refractivity contribution is 9.10. The van der Waals surface area contributed by atoms with Crippen molar-refractivity contribution in [2.45, 2.75) is 11.3 Å². The van der Waals surface area contributed by atoms with E-state index < -0.39 is 61.6 Å². The Labute approximate surface area is 220 Å². The highest BCUT2D eigenvalue weighted by Crippen LogP contribution is 2.40. The first-order chi connectivity index (χ1) is 17.7. The summed E-state index contributed by atoms with van der Waals surface area (Å²) in [5, 5.41) is 10.4. The van der Waals surface area contributed by atoms with Crippen LogP contribution in [0.25, 0.3) is 11.1 Å². The molecule has 0 fully saturated rings. The van der Waals surface area contributed by atoms with Gasteiger partial charge in [-0.25, -0.2) is 17.2 Å². The fraction of sp³-hybridized carbons (Fsp3) is 0.174. The van der Waals surface area contributed by atoms with E-state index in [0.29, 0.717) is 12.1 Å². The van der Waals surface area contributed by atoms with Crippen molar-refractivity contribution < 1.29 is 49.7 Å². The Morgan fingerprint density at radius 3 is 2.47 bits per heavy atom. The fourth-order valence-electron chi connectivity index (χ4n) is 3.59. The van der Waals surface area contributed by atoms with Crippen molar-refractivity contribution in [1.82, 2.24) is 4.90 Å². The van der Waals surface area contributed by atoms with Crippen molar-refractivity contribution in [1.29, 1.82) is 0 Å². The number of phenolic OH excluding ortho intramolecular Hbond substituents is 1. The topological polar surface area (TPSA) is 105 Å². The Morgan fingerprint density at radius 2 is 1.79 bits per heavy atom. The number of nitrogens with zero attached hydrogens (tertiary/aromatic N) is 1. The Hall–Kier alpha value is -3.59. The van der Waals surface area contributed by atoms with Gasteiger partial charge in [-0.15, -0.1) is 13.2 Å². The van der Waals surface area contributed by atoms with Gasteiger partial charge in [-0.05, 0) is 52.3 Å². The number of fused-ring (bicyclic) bond motifs is 6. The molecule has 1 amide bonds. The van der Waals surface area contributed by atoms with Gasteiger partial charge in [0.15, 0.2) is 0 Å². The van der Waals surface area contributed by atoms with Crippen LogP contribution in [0.3, 0.4) is 0 Å². The van der Waals surface area contributed by atoms with Crippen LogP contribution in [-0.4, -0.2) is 50.9 Å². The van der Waals surface area contributed by atoms with Crippen LogP contribution in [0.2, 0.25) is 0 Å². The zero-order chi connectivity index (χ0) is 28.0. The smallest absolute Gasteiger partial charge is 0.505 e. The third-order valence-corrected chi connectivity index (χ3v) is 7.36. The van der Waals surface area contributed by atoms with Crippen LogP contribution in [0.5, 0.6) is 17.2 Å². The molecule has 0 saturated heterocycles. The molecule has 1 aliphatic heterocycles. The summed E-state index contributed by atoms with van der Waals surface area (Å²) < 4.78 is 105. The third kappa shape index (κ3) is 5.62. The number of alkyl halides is 3. The first-order valence-electron chi connectivity index (χ1n) is 10.5. The molecule has 0 unspecified atom stereocenters. The quantitative estimate of drug-likeness (QED) is 0.359. The average Bonchev–Trinajstić information content (AvgIpc) is 2.81. The summed E-state index contributed by atoms with van der Waals surface area (Å²) in [5.41, 5.74) is -1.79. The molecule has 0 atom stereocenters. The maximum atomic E-state index is 14.9. The van der Waals surface area contributed by atoms with Gasteiger partial charge in [0.25, 0.3) is 15.9 Å². The molecular weight excluding hydrogens is 607 g/mol. The van der Waals surface area contributed by atoms with E-state index in [1.807, 2.05) is 4.72 Å². The summed E-state index contributed by atoms with van der Waals surface area (Å²) in [4.78, 5) is 13.3. The maximum Gasteiger partial charge on any atom is 0.573 e. The summed E-state index contributed by atoms with van der Waals surface area (Å²) in [7, 11) is -3.41. The van der Waals surface area contributed by atoms with Crippen molar-refractivity contribution in [3.8, 4) is 28.4 Å². The molecule has 3 aromatic rings. The first-order valence-corrected chi connectivity index (χ1v) is 12.8. The molecule has 0 aromatic heterocycles. The Bertz CT molecular complexity index is 1550. The second-order valence-corrected chi connectivity index (χ2v) is 10.5. The minimum atomic E-state index is -5.08. The molecule has 2 N–H and O–H groups in total. The molecule has 3 aromatic carbocycles. The molecule has 0 spiro atoms. The van der Waals surface area contributed by atoms with Crippen LogP contribution in [0.1, 0.15) is 10.4 Å². The summed E-state index contributed by atoms with van der Waals surface area (Å²) in [6.45, 7) is -0.303. The monoisotopic (exact) mass is 622 g/mol. The number of halogens is 6. The van der Waals surface area contributed by atoms with E-state index in [1.165, 1.54) is 13.1 Å². The Kier molecular flexibility index (Phi) is 7.18. The van der Waals surface area contributed by atoms with Crippen LogP contribution < -0.4 is 14.2 Å². The number of carbonyl (C=O) groups excluding carboxylic acids is 1. The molecule has 4 bridgehead atoms. The van der Waals surface area contributed by atoms with Gasteiger partial charge >= 0.3 is 6.36 Å². The molecule has 4 rings (SSSR count). The molecule has 0 radical (unpaired) electrons. The van der Waals surface area contributed by atoms with Crippen LogP contribution in [-0.2, 0) is 10.0 Å². The third-order valence-electron chi connectivity index (χ3n) is 5.37. The zero-order valence-electron chi connectivity index (χ0n) is 19.1. The van der Waals surface area contributed by atoms with Gasteiger partial charge in [-0.3, -0.25) is 9.52 Å². The van der Waals surface area contributed by atoms with E-state index in [0.717, 1.165) is 29.2 Å². The maximum absolute atomic E-state index is 14.9. The summed E-state index contributed by atoms with van der Waals surface area (Å²) in [5.74, 6) is -4.98. The number of rotatable bonds is 1. The van der Waals surface area contributed by atoms with E-state index in [1.54, 1.807) is 0 Å². The van der Waals surface area contributed by atoms with Gasteiger partial charge in [-0.1, -0.05) is 0 Å². The van der Waals surface area contributed by atoms with Gasteiger partial charge in [0.05, 0.1) is 16.7 Å². The molecule has 8 nitrogen and oxygen atoms in total. The zero-order valence-corrected chi connectivity index (χ0v) is 21.5. The molecule has 1 aliphatic rings. The van der Waals surface area contributed by atoms with Crippen molar-refractivity contribution >= 4 is 37.5 Å². The minimum absolute atomic E-state index is 0.0882. The number of aromatic hydroxyl groups is 1. The molecule has 202 valence electrons. The number of ether oxygens (including phenoxy) is 2. The van der Waals surface area contributed by atoms with Crippen LogP contribution >= 0.6 is 15.9 Å². The van der Waals surface area contributed by atoms with Gasteiger partial charge in [-0.2, -0.15) is 0 Å². The number of anilines is 1. The van der Waals surface area contributed by atoms with Gasteiger partial charge in [0.1, 0.15) is 40.4 Å². The lowest BCUT2D eigenvalue weighted by molar-refractivity contribution is -0.274. The van der Waals surface area contributed by atoms with Crippen molar-refractivity contribution in [3.05, 3.63) is 64.1 Å². The molecule has 38 heavy (non-hydrogen) atoms. The summed E-state index contributed by atoms with van der Waals surface area (Å²) >= 11 is 2.98. The number of hydrogen-bond acceptors (Lipinski definition) is 6. The molecule has 0 saturated carbocycles. The second-order valence-electron chi connectivity index (χ2n) is 8.00. The van der Waals surface area contributed by atoms with Crippen molar-refractivity contribution in [2.24, 2.45) is 0 Å². The van der Waals surface area contributed by atoms with Crippen molar-refractivity contribution in [3.63, 3.8) is 0 Å². The van der Waals surface area contributed by atoms with E-state index in [4.69, 9.17) is 4.74 Å². The summed E-state index contributed by atoms with van der Waals surface area (Å²) in [6.07, 6.45) is -5.08. The Morgan fingerprint density at radius 1 is 1.08 bits per heavy atom. The lowest BCUT2D eigenvalue weighted by Crippen LogP contribution is -2.31. The normalized spacial score (nSPS) is 15.4.